The molecule has 214 valence electrons. The summed E-state index contributed by atoms with van der Waals surface area (Å²) in [4.78, 5) is 23.9. The molecule has 0 aliphatic carbocycles. The van der Waals surface area contributed by atoms with Crippen LogP contribution in [-0.4, -0.2) is 58.3 Å². The lowest BCUT2D eigenvalue weighted by molar-refractivity contribution is -0.142. The summed E-state index contributed by atoms with van der Waals surface area (Å²) >= 11 is 16.8. The van der Waals surface area contributed by atoms with Crippen LogP contribution in [0.1, 0.15) is 28.1 Å². The minimum Gasteiger partial charge on any atom is -0.479 e. The fourth-order valence-corrected chi connectivity index (χ4v) is 8.62. The zero-order valence-electron chi connectivity index (χ0n) is 21.2. The van der Waals surface area contributed by atoms with Gasteiger partial charge in [-0.05, 0) is 71.2 Å². The number of nitrogens with one attached hydrogen (secondary N) is 1. The largest absolute Gasteiger partial charge is 0.479 e. The molecule has 0 bridgehead atoms. The smallest absolute Gasteiger partial charge is 0.349 e. The second-order valence-electron chi connectivity index (χ2n) is 8.87. The van der Waals surface area contributed by atoms with Gasteiger partial charge < -0.3 is 19.9 Å². The summed E-state index contributed by atoms with van der Waals surface area (Å²) in [7, 11) is -2.73. The molecule has 2 heterocycles. The Morgan fingerprint density at radius 1 is 1.18 bits per heavy atom. The fraction of sp³-hybridized carbons (Fsp3) is 0.308. The first-order valence-electron chi connectivity index (χ1n) is 12.0. The third kappa shape index (κ3) is 6.75. The highest BCUT2D eigenvalue weighted by molar-refractivity contribution is 9.10. The highest BCUT2D eigenvalue weighted by Gasteiger charge is 2.33. The minimum atomic E-state index is -3.93. The average Bonchev–Trinajstić information content (AvgIpc) is 3.26. The van der Waals surface area contributed by atoms with Gasteiger partial charge in [0, 0.05) is 6.04 Å². The molecule has 0 amide bonds. The number of hydrogen-bond acceptors (Lipinski definition) is 8. The summed E-state index contributed by atoms with van der Waals surface area (Å²) in [5.41, 5.74) is 1.39. The predicted molar refractivity (Wildman–Crippen MR) is 159 cm³/mol. The van der Waals surface area contributed by atoms with Crippen LogP contribution in [-0.2, 0) is 25.3 Å². The molecule has 1 aliphatic rings. The number of hydrogen-bond donors (Lipinski definition) is 2. The van der Waals surface area contributed by atoms with E-state index in [1.165, 1.54) is 11.4 Å². The summed E-state index contributed by atoms with van der Waals surface area (Å²) in [5.74, 6) is -2.26. The standard InChI is InChI=1S/C26H25BrCl2N2O7S2/c1-37-20(32)13-38-23-21(27)24(39-25(23)26(33)34)15-4-2-6-18(12-15)31(17-8-10-30-11-9-17)40(35,36)14-16-5-3-7-19(28)22(16)29/h2-7,12,17,30H,8-11,13-14H2,1H3,(H,33,34). The summed E-state index contributed by atoms with van der Waals surface area (Å²) < 4.78 is 39.7. The number of sulfonamides is 1. The quantitative estimate of drug-likeness (QED) is 0.255. The first-order chi connectivity index (χ1) is 19.0. The van der Waals surface area contributed by atoms with E-state index in [4.69, 9.17) is 27.9 Å². The zero-order valence-corrected chi connectivity index (χ0v) is 25.9. The maximum atomic E-state index is 14.0. The zero-order chi connectivity index (χ0) is 29.0. The van der Waals surface area contributed by atoms with Gasteiger partial charge >= 0.3 is 11.9 Å². The molecule has 1 saturated heterocycles. The first kappa shape index (κ1) is 30.6. The van der Waals surface area contributed by atoms with Crippen molar-refractivity contribution in [3.63, 3.8) is 0 Å². The van der Waals surface area contributed by atoms with E-state index in [1.54, 1.807) is 42.5 Å². The Labute approximate surface area is 254 Å². The van der Waals surface area contributed by atoms with Gasteiger partial charge in [-0.2, -0.15) is 0 Å². The van der Waals surface area contributed by atoms with E-state index in [-0.39, 0.29) is 32.5 Å². The molecule has 9 nitrogen and oxygen atoms in total. The summed E-state index contributed by atoms with van der Waals surface area (Å²) in [6.45, 7) is 0.848. The molecular weight excluding hydrogens is 667 g/mol. The van der Waals surface area contributed by atoms with Gasteiger partial charge in [0.05, 0.1) is 37.9 Å². The molecule has 0 radical (unpaired) electrons. The van der Waals surface area contributed by atoms with Crippen LogP contribution >= 0.6 is 50.5 Å². The van der Waals surface area contributed by atoms with E-state index in [0.29, 0.717) is 52.1 Å². The number of carboxylic acid groups (broad SMARTS) is 1. The van der Waals surface area contributed by atoms with Crippen LogP contribution < -0.4 is 14.4 Å². The first-order valence-corrected chi connectivity index (χ1v) is 16.0. The Kier molecular flexibility index (Phi) is 10.0. The molecule has 2 aromatic carbocycles. The SMILES string of the molecule is COC(=O)COc1c(C(=O)O)sc(-c2cccc(N(C3CCNCC3)S(=O)(=O)Cc3cccc(Cl)c3Cl)c2)c1Br. The van der Waals surface area contributed by atoms with E-state index in [1.807, 2.05) is 0 Å². The Morgan fingerprint density at radius 3 is 2.55 bits per heavy atom. The molecule has 4 rings (SSSR count). The van der Waals surface area contributed by atoms with Crippen LogP contribution in [0.4, 0.5) is 5.69 Å². The van der Waals surface area contributed by atoms with Crippen LogP contribution in [0.5, 0.6) is 5.75 Å². The Morgan fingerprint density at radius 2 is 1.88 bits per heavy atom. The predicted octanol–water partition coefficient (Wildman–Crippen LogP) is 5.82. The van der Waals surface area contributed by atoms with Gasteiger partial charge in [-0.3, -0.25) is 4.31 Å². The number of halogens is 3. The van der Waals surface area contributed by atoms with Crippen molar-refractivity contribution in [2.75, 3.05) is 31.1 Å². The Balaban J connectivity index is 1.77. The molecule has 40 heavy (non-hydrogen) atoms. The number of carbonyl (C=O) groups is 2. The van der Waals surface area contributed by atoms with Crippen LogP contribution in [0.15, 0.2) is 46.9 Å². The van der Waals surface area contributed by atoms with Crippen molar-refractivity contribution in [1.82, 2.24) is 5.32 Å². The highest BCUT2D eigenvalue weighted by Crippen LogP contribution is 2.46. The van der Waals surface area contributed by atoms with E-state index in [2.05, 4.69) is 26.0 Å². The van der Waals surface area contributed by atoms with Crippen molar-refractivity contribution in [1.29, 1.82) is 0 Å². The Bertz CT molecular complexity index is 1530. The minimum absolute atomic E-state index is 0.0123. The molecule has 0 atom stereocenters. The third-order valence-corrected chi connectivity index (χ3v) is 11.1. The molecular formula is C26H25BrCl2N2O7S2. The van der Waals surface area contributed by atoms with Crippen molar-refractivity contribution in [2.45, 2.75) is 24.6 Å². The molecule has 0 saturated carbocycles. The number of nitrogens with zero attached hydrogens (tertiary/aromatic N) is 1. The van der Waals surface area contributed by atoms with Crippen molar-refractivity contribution in [3.8, 4) is 16.2 Å². The van der Waals surface area contributed by atoms with Gasteiger partial charge in [-0.15, -0.1) is 11.3 Å². The van der Waals surface area contributed by atoms with Gasteiger partial charge in [-0.1, -0.05) is 47.5 Å². The van der Waals surface area contributed by atoms with E-state index < -0.39 is 28.6 Å². The van der Waals surface area contributed by atoms with E-state index in [9.17, 15) is 23.1 Å². The molecule has 1 fully saturated rings. The van der Waals surface area contributed by atoms with Crippen LogP contribution in [0.3, 0.4) is 0 Å². The van der Waals surface area contributed by atoms with Crippen molar-refractivity contribution < 1.29 is 32.6 Å². The number of rotatable bonds is 10. The fourth-order valence-electron chi connectivity index (χ4n) is 4.39. The lowest BCUT2D eigenvalue weighted by Crippen LogP contribution is -2.46. The number of carboxylic acids is 1. The molecule has 0 spiro atoms. The summed E-state index contributed by atoms with van der Waals surface area (Å²) in [6.07, 6.45) is 1.20. The molecule has 2 N–H and O–H groups in total. The second kappa shape index (κ2) is 13.1. The third-order valence-electron chi connectivity index (χ3n) is 6.24. The van der Waals surface area contributed by atoms with Crippen LogP contribution in [0.2, 0.25) is 10.0 Å². The molecule has 14 heteroatoms. The molecule has 1 aromatic heterocycles. The summed E-state index contributed by atoms with van der Waals surface area (Å²) in [6, 6.07) is 11.4. The van der Waals surface area contributed by atoms with Crippen LogP contribution in [0.25, 0.3) is 10.4 Å². The number of anilines is 1. The number of methoxy groups -OCH3 is 1. The van der Waals surface area contributed by atoms with Gasteiger partial charge in [0.15, 0.2) is 17.2 Å². The number of aromatic carboxylic acids is 1. The topological polar surface area (TPSA) is 122 Å². The second-order valence-corrected chi connectivity index (χ2v) is 13.3. The van der Waals surface area contributed by atoms with E-state index >= 15 is 0 Å². The number of carbonyl (C=O) groups excluding carboxylic acids is 1. The van der Waals surface area contributed by atoms with Crippen LogP contribution in [0, 0.1) is 0 Å². The lowest BCUT2D eigenvalue weighted by atomic mass is 10.1. The molecule has 0 unspecified atom stereocenters. The number of thiophene rings is 1. The van der Waals surface area contributed by atoms with Crippen molar-refractivity contribution in [3.05, 3.63) is 67.4 Å². The van der Waals surface area contributed by atoms with Crippen molar-refractivity contribution in [2.24, 2.45) is 0 Å². The molecule has 1 aliphatic heterocycles. The average molecular weight is 692 g/mol. The normalized spacial score (nSPS) is 14.1. The highest BCUT2D eigenvalue weighted by atomic mass is 79.9. The van der Waals surface area contributed by atoms with Crippen molar-refractivity contribution >= 4 is 78.1 Å². The number of benzene rings is 2. The number of ether oxygens (including phenoxy) is 2. The lowest BCUT2D eigenvalue weighted by Gasteiger charge is -2.35. The van der Waals surface area contributed by atoms with Gasteiger partial charge in [0.25, 0.3) is 0 Å². The number of piperidine rings is 1. The maximum Gasteiger partial charge on any atom is 0.349 e. The van der Waals surface area contributed by atoms with Gasteiger partial charge in [0.1, 0.15) is 0 Å². The van der Waals surface area contributed by atoms with Gasteiger partial charge in [-0.25, -0.2) is 18.0 Å². The number of esters is 1. The monoisotopic (exact) mass is 690 g/mol. The molecule has 3 aromatic rings. The van der Waals surface area contributed by atoms with Gasteiger partial charge in [0.2, 0.25) is 10.0 Å². The summed E-state index contributed by atoms with van der Waals surface area (Å²) in [5, 5.41) is 13.5. The maximum absolute atomic E-state index is 14.0. The van der Waals surface area contributed by atoms with E-state index in [0.717, 1.165) is 11.3 Å². The Hall–Kier alpha value is -2.35.